The van der Waals surface area contributed by atoms with Crippen LogP contribution >= 0.6 is 12.2 Å². The Balaban J connectivity index is 0.000000261. The van der Waals surface area contributed by atoms with Crippen LogP contribution in [0.25, 0.3) is 0 Å². The second kappa shape index (κ2) is 7.79. The van der Waals surface area contributed by atoms with Gasteiger partial charge >= 0.3 is 0 Å². The van der Waals surface area contributed by atoms with E-state index < -0.39 is 0 Å². The van der Waals surface area contributed by atoms with Gasteiger partial charge in [0.2, 0.25) is 0 Å². The molecule has 0 bridgehead atoms. The maximum atomic E-state index is 10.0. The molecule has 0 amide bonds. The number of benzene rings is 1. The Morgan fingerprint density at radius 3 is 2.17 bits per heavy atom. The van der Waals surface area contributed by atoms with Crippen LogP contribution in [0.2, 0.25) is 0 Å². The van der Waals surface area contributed by atoms with Crippen LogP contribution < -0.4 is 0 Å². The zero-order valence-electron chi connectivity index (χ0n) is 6.73. The second-order valence-electron chi connectivity index (χ2n) is 1.84. The molecular weight excluding hydrogens is 170 g/mol. The predicted molar refractivity (Wildman–Crippen MR) is 52.8 cm³/mol. The van der Waals surface area contributed by atoms with E-state index in [1.807, 2.05) is 18.2 Å². The number of hydrogen-bond acceptors (Lipinski definition) is 3. The first-order chi connectivity index (χ1) is 5.85. The monoisotopic (exact) mass is 179 g/mol. The topological polar surface area (TPSA) is 29.4 Å². The van der Waals surface area contributed by atoms with Crippen LogP contribution in [0.1, 0.15) is 10.4 Å². The summed E-state index contributed by atoms with van der Waals surface area (Å²) >= 11 is 4.14. The maximum Gasteiger partial charge on any atom is 0.150 e. The summed E-state index contributed by atoms with van der Waals surface area (Å²) in [4.78, 5) is 13.3. The van der Waals surface area contributed by atoms with E-state index in [-0.39, 0.29) is 0 Å². The molecule has 0 atom stereocenters. The lowest BCUT2D eigenvalue weighted by Crippen LogP contribution is -1.73. The molecule has 1 aromatic rings. The van der Waals surface area contributed by atoms with Crippen molar-refractivity contribution in [1.82, 2.24) is 0 Å². The van der Waals surface area contributed by atoms with E-state index in [9.17, 15) is 4.79 Å². The van der Waals surface area contributed by atoms with Crippen molar-refractivity contribution in [2.45, 2.75) is 0 Å². The minimum absolute atomic E-state index is 0.729. The molecule has 0 aromatic heterocycles. The first kappa shape index (κ1) is 10.7. The highest BCUT2D eigenvalue weighted by atomic mass is 32.1. The lowest BCUT2D eigenvalue weighted by Gasteiger charge is -1.81. The van der Waals surface area contributed by atoms with Crippen LogP contribution in [0.15, 0.2) is 35.3 Å². The van der Waals surface area contributed by atoms with E-state index in [1.165, 1.54) is 0 Å². The summed E-state index contributed by atoms with van der Waals surface area (Å²) in [7, 11) is 1.59. The average Bonchev–Trinajstić information content (AvgIpc) is 2.19. The lowest BCUT2D eigenvalue weighted by atomic mass is 10.2. The highest BCUT2D eigenvalue weighted by Crippen LogP contribution is 1.91. The molecule has 0 saturated heterocycles. The smallest absolute Gasteiger partial charge is 0.150 e. The number of nitrogens with zero attached hydrogens (tertiary/aromatic N) is 1. The Labute approximate surface area is 76.9 Å². The molecule has 0 radical (unpaired) electrons. The number of isothiocyanates is 1. The minimum Gasteiger partial charge on any atom is -0.298 e. The zero-order valence-corrected chi connectivity index (χ0v) is 7.54. The highest BCUT2D eigenvalue weighted by molar-refractivity contribution is 7.78. The SMILES string of the molecule is CN=C=S.O=Cc1ccccc1. The number of thiocarbonyl (C=S) groups is 1. The van der Waals surface area contributed by atoms with Crippen LogP contribution in [0.3, 0.4) is 0 Å². The third-order valence-electron chi connectivity index (χ3n) is 1.03. The van der Waals surface area contributed by atoms with Gasteiger partial charge in [-0.05, 0) is 12.2 Å². The average molecular weight is 179 g/mol. The maximum absolute atomic E-state index is 10.0. The summed E-state index contributed by atoms with van der Waals surface area (Å²) in [5.41, 5.74) is 0.729. The van der Waals surface area contributed by atoms with Crippen LogP contribution in [0, 0.1) is 0 Å². The Hall–Kier alpha value is -1.31. The molecule has 0 N–H and O–H groups in total. The molecule has 0 aliphatic heterocycles. The molecule has 0 aliphatic rings. The third-order valence-corrected chi connectivity index (χ3v) is 1.21. The van der Waals surface area contributed by atoms with Crippen molar-refractivity contribution in [1.29, 1.82) is 0 Å². The number of aliphatic imine (C=N–C) groups is 1. The van der Waals surface area contributed by atoms with Gasteiger partial charge in [-0.3, -0.25) is 4.79 Å². The first-order valence-electron chi connectivity index (χ1n) is 3.31. The summed E-state index contributed by atoms with van der Waals surface area (Å²) in [6.07, 6.45) is 0.833. The van der Waals surface area contributed by atoms with Gasteiger partial charge in [0.05, 0.1) is 5.16 Å². The van der Waals surface area contributed by atoms with Crippen molar-refractivity contribution >= 4 is 23.7 Å². The van der Waals surface area contributed by atoms with E-state index in [1.54, 1.807) is 19.2 Å². The Kier molecular flexibility index (Phi) is 6.94. The summed E-state index contributed by atoms with van der Waals surface area (Å²) < 4.78 is 0. The number of hydrogen-bond donors (Lipinski definition) is 0. The van der Waals surface area contributed by atoms with E-state index in [0.29, 0.717) is 0 Å². The first-order valence-corrected chi connectivity index (χ1v) is 3.72. The van der Waals surface area contributed by atoms with Gasteiger partial charge in [0.1, 0.15) is 6.29 Å². The van der Waals surface area contributed by atoms with Crippen molar-refractivity contribution < 1.29 is 4.79 Å². The fourth-order valence-corrected chi connectivity index (χ4v) is 0.532. The van der Waals surface area contributed by atoms with E-state index >= 15 is 0 Å². The predicted octanol–water partition coefficient (Wildman–Crippen LogP) is 2.22. The number of carbonyl (C=O) groups is 1. The lowest BCUT2D eigenvalue weighted by molar-refractivity contribution is 0.112. The van der Waals surface area contributed by atoms with Gasteiger partial charge in [-0.25, -0.2) is 4.99 Å². The van der Waals surface area contributed by atoms with E-state index in [2.05, 4.69) is 22.4 Å². The summed E-state index contributed by atoms with van der Waals surface area (Å²) in [6, 6.07) is 9.10. The van der Waals surface area contributed by atoms with Gasteiger partial charge in [0, 0.05) is 12.6 Å². The summed E-state index contributed by atoms with van der Waals surface area (Å²) in [6.45, 7) is 0. The van der Waals surface area contributed by atoms with Crippen molar-refractivity contribution in [2.24, 2.45) is 4.99 Å². The second-order valence-corrected chi connectivity index (χ2v) is 2.03. The molecule has 62 valence electrons. The van der Waals surface area contributed by atoms with Gasteiger partial charge < -0.3 is 0 Å². The van der Waals surface area contributed by atoms with Crippen LogP contribution in [-0.2, 0) is 0 Å². The summed E-state index contributed by atoms with van der Waals surface area (Å²) in [5, 5.41) is 2.14. The molecule has 1 rings (SSSR count). The standard InChI is InChI=1S/C7H6O.C2H3NS/c8-6-7-4-2-1-3-5-7;1-3-2-4/h1-6H;1H3. The van der Waals surface area contributed by atoms with E-state index in [0.717, 1.165) is 11.8 Å². The molecule has 0 unspecified atom stereocenters. The normalized spacial score (nSPS) is 7.08. The number of rotatable bonds is 1. The Bertz CT molecular complexity index is 265. The molecule has 0 saturated carbocycles. The summed E-state index contributed by atoms with van der Waals surface area (Å²) in [5.74, 6) is 0. The van der Waals surface area contributed by atoms with Crippen molar-refractivity contribution in [2.75, 3.05) is 7.05 Å². The third kappa shape index (κ3) is 5.47. The molecule has 0 spiro atoms. The highest BCUT2D eigenvalue weighted by Gasteiger charge is 1.79. The number of aldehydes is 1. The minimum atomic E-state index is 0.729. The number of carbonyl (C=O) groups excluding carboxylic acids is 1. The van der Waals surface area contributed by atoms with Crippen LogP contribution in [0.4, 0.5) is 0 Å². The fraction of sp³-hybridized carbons (Fsp3) is 0.111. The van der Waals surface area contributed by atoms with Gasteiger partial charge in [0.25, 0.3) is 0 Å². The van der Waals surface area contributed by atoms with Crippen molar-refractivity contribution in [3.8, 4) is 0 Å². The molecular formula is C9H9NOS. The Morgan fingerprint density at radius 1 is 1.42 bits per heavy atom. The largest absolute Gasteiger partial charge is 0.298 e. The fourth-order valence-electron chi connectivity index (χ4n) is 0.532. The van der Waals surface area contributed by atoms with Gasteiger partial charge in [-0.2, -0.15) is 0 Å². The van der Waals surface area contributed by atoms with Crippen molar-refractivity contribution in [3.05, 3.63) is 35.9 Å². The quantitative estimate of drug-likeness (QED) is 0.376. The van der Waals surface area contributed by atoms with Gasteiger partial charge in [-0.15, -0.1) is 0 Å². The Morgan fingerprint density at radius 2 is 1.92 bits per heavy atom. The van der Waals surface area contributed by atoms with Crippen LogP contribution in [0.5, 0.6) is 0 Å². The molecule has 0 aliphatic carbocycles. The van der Waals surface area contributed by atoms with Crippen molar-refractivity contribution in [3.63, 3.8) is 0 Å². The molecule has 0 heterocycles. The molecule has 2 nitrogen and oxygen atoms in total. The molecule has 12 heavy (non-hydrogen) atoms. The molecule has 1 aromatic carbocycles. The van der Waals surface area contributed by atoms with Gasteiger partial charge in [-0.1, -0.05) is 30.3 Å². The van der Waals surface area contributed by atoms with E-state index in [4.69, 9.17) is 0 Å². The van der Waals surface area contributed by atoms with Gasteiger partial charge in [0.15, 0.2) is 0 Å². The zero-order chi connectivity index (χ0) is 9.23. The molecule has 3 heteroatoms. The molecule has 0 fully saturated rings. The van der Waals surface area contributed by atoms with Crippen LogP contribution in [-0.4, -0.2) is 18.5 Å².